The zero-order chi connectivity index (χ0) is 12.3. The van der Waals surface area contributed by atoms with E-state index in [-0.39, 0.29) is 12.0 Å². The van der Waals surface area contributed by atoms with E-state index in [0.717, 1.165) is 0 Å². The van der Waals surface area contributed by atoms with E-state index in [9.17, 15) is 9.18 Å². The fraction of sp³-hybridized carbons (Fsp3) is 0.364. The summed E-state index contributed by atoms with van der Waals surface area (Å²) in [5.74, 6) is -0.901. The predicted molar refractivity (Wildman–Crippen MR) is 62.3 cm³/mol. The molecule has 1 aromatic rings. The molecule has 0 fully saturated rings. The van der Waals surface area contributed by atoms with Crippen molar-refractivity contribution in [3.63, 3.8) is 0 Å². The van der Waals surface area contributed by atoms with Gasteiger partial charge in [0.2, 0.25) is 0 Å². The first-order valence-corrected chi connectivity index (χ1v) is 5.47. The minimum atomic E-state index is -1.08. The maximum atomic E-state index is 13.6. The molecule has 0 bridgehead atoms. The summed E-state index contributed by atoms with van der Waals surface area (Å²) < 4.78 is 18.8. The van der Waals surface area contributed by atoms with Crippen molar-refractivity contribution in [2.24, 2.45) is 5.73 Å². The van der Waals surface area contributed by atoms with Crippen LogP contribution in [0.5, 0.6) is 0 Å². The number of rotatable bonds is 3. The van der Waals surface area contributed by atoms with Crippen LogP contribution < -0.4 is 5.73 Å². The third kappa shape index (κ3) is 3.02. The summed E-state index contributed by atoms with van der Waals surface area (Å²) in [6, 6.07) is 4.45. The number of benzene rings is 1. The first kappa shape index (κ1) is 13.1. The van der Waals surface area contributed by atoms with E-state index in [4.69, 9.17) is 5.73 Å². The van der Waals surface area contributed by atoms with E-state index >= 15 is 0 Å². The van der Waals surface area contributed by atoms with Gasteiger partial charge in [0.15, 0.2) is 0 Å². The molecule has 0 spiro atoms. The second-order valence-corrected chi connectivity index (χ2v) is 4.71. The largest absolute Gasteiger partial charge is 0.469 e. The van der Waals surface area contributed by atoms with Crippen LogP contribution in [0.4, 0.5) is 4.39 Å². The summed E-state index contributed by atoms with van der Waals surface area (Å²) in [5, 5.41) is 0. The van der Waals surface area contributed by atoms with E-state index in [2.05, 4.69) is 20.7 Å². The Morgan fingerprint density at radius 3 is 2.81 bits per heavy atom. The Bertz CT molecular complexity index is 407. The van der Waals surface area contributed by atoms with Crippen molar-refractivity contribution in [2.45, 2.75) is 18.9 Å². The van der Waals surface area contributed by atoms with Gasteiger partial charge in [-0.3, -0.25) is 4.79 Å². The second-order valence-electron chi connectivity index (χ2n) is 3.79. The molecule has 0 aliphatic rings. The molecule has 0 aliphatic carbocycles. The number of methoxy groups -OCH3 is 1. The molecular weight excluding hydrogens is 277 g/mol. The maximum absolute atomic E-state index is 13.6. The molecule has 0 radical (unpaired) electrons. The monoisotopic (exact) mass is 289 g/mol. The van der Waals surface area contributed by atoms with E-state index in [0.29, 0.717) is 4.47 Å². The molecule has 1 atom stereocenters. The molecule has 0 aromatic heterocycles. The number of carbonyl (C=O) groups is 1. The molecular formula is C11H13BrFNO2. The number of carbonyl (C=O) groups excluding carboxylic acids is 1. The normalized spacial score (nSPS) is 14.3. The van der Waals surface area contributed by atoms with E-state index < -0.39 is 17.3 Å². The van der Waals surface area contributed by atoms with Gasteiger partial charge in [-0.05, 0) is 25.1 Å². The highest BCUT2D eigenvalue weighted by Gasteiger charge is 2.28. The van der Waals surface area contributed by atoms with Gasteiger partial charge in [-0.1, -0.05) is 15.9 Å². The van der Waals surface area contributed by atoms with Crippen LogP contribution in [0.25, 0.3) is 0 Å². The Kier molecular flexibility index (Phi) is 4.04. The molecule has 88 valence electrons. The molecule has 0 aliphatic heterocycles. The first-order valence-electron chi connectivity index (χ1n) is 4.68. The molecule has 0 saturated carbocycles. The van der Waals surface area contributed by atoms with Gasteiger partial charge >= 0.3 is 5.97 Å². The number of halogens is 2. The van der Waals surface area contributed by atoms with Gasteiger partial charge < -0.3 is 10.5 Å². The second kappa shape index (κ2) is 4.93. The van der Waals surface area contributed by atoms with Gasteiger partial charge in [-0.2, -0.15) is 0 Å². The topological polar surface area (TPSA) is 52.3 Å². The Morgan fingerprint density at radius 2 is 2.25 bits per heavy atom. The molecule has 1 aromatic carbocycles. The summed E-state index contributed by atoms with van der Waals surface area (Å²) >= 11 is 3.23. The average molecular weight is 290 g/mol. The summed E-state index contributed by atoms with van der Waals surface area (Å²) in [5.41, 5.74) is 5.12. The SMILES string of the molecule is COC(=O)CC(C)(N)c1cc(Br)ccc1F. The predicted octanol–water partition coefficient (Wildman–Crippen LogP) is 2.33. The standard InChI is InChI=1S/C11H13BrFNO2/c1-11(14,6-10(15)16-2)8-5-7(12)3-4-9(8)13/h3-5H,6,14H2,1-2H3. The highest BCUT2D eigenvalue weighted by Crippen LogP contribution is 2.27. The number of nitrogens with two attached hydrogens (primary N) is 1. The molecule has 1 unspecified atom stereocenters. The molecule has 3 nitrogen and oxygen atoms in total. The van der Waals surface area contributed by atoms with Crippen molar-refractivity contribution in [1.29, 1.82) is 0 Å². The van der Waals surface area contributed by atoms with Gasteiger partial charge in [0, 0.05) is 10.0 Å². The Labute approximate surface area is 102 Å². The van der Waals surface area contributed by atoms with Crippen LogP contribution in [0.2, 0.25) is 0 Å². The Balaban J connectivity index is 3.05. The van der Waals surface area contributed by atoms with Crippen molar-refractivity contribution >= 4 is 21.9 Å². The van der Waals surface area contributed by atoms with Crippen LogP contribution in [-0.4, -0.2) is 13.1 Å². The lowest BCUT2D eigenvalue weighted by Crippen LogP contribution is -2.36. The fourth-order valence-corrected chi connectivity index (χ4v) is 1.76. The number of hydrogen-bond acceptors (Lipinski definition) is 3. The summed E-state index contributed by atoms with van der Waals surface area (Å²) in [6.07, 6.45) is -0.0725. The van der Waals surface area contributed by atoms with Gasteiger partial charge in [-0.25, -0.2) is 4.39 Å². The van der Waals surface area contributed by atoms with E-state index in [1.165, 1.54) is 13.2 Å². The molecule has 5 heteroatoms. The first-order chi connectivity index (χ1) is 7.36. The average Bonchev–Trinajstić information content (AvgIpc) is 2.20. The number of ether oxygens (including phenoxy) is 1. The lowest BCUT2D eigenvalue weighted by atomic mass is 9.89. The molecule has 0 amide bonds. The van der Waals surface area contributed by atoms with Crippen molar-refractivity contribution in [1.82, 2.24) is 0 Å². The zero-order valence-corrected chi connectivity index (χ0v) is 10.7. The van der Waals surface area contributed by atoms with Gasteiger partial charge in [0.25, 0.3) is 0 Å². The molecule has 16 heavy (non-hydrogen) atoms. The van der Waals surface area contributed by atoms with Crippen LogP contribution in [-0.2, 0) is 15.1 Å². The lowest BCUT2D eigenvalue weighted by molar-refractivity contribution is -0.142. The quantitative estimate of drug-likeness (QED) is 0.869. The smallest absolute Gasteiger partial charge is 0.307 e. The highest BCUT2D eigenvalue weighted by atomic mass is 79.9. The fourth-order valence-electron chi connectivity index (χ4n) is 1.40. The van der Waals surface area contributed by atoms with E-state index in [1.807, 2.05) is 0 Å². The van der Waals surface area contributed by atoms with E-state index in [1.54, 1.807) is 19.1 Å². The molecule has 1 rings (SSSR count). The van der Waals surface area contributed by atoms with Crippen LogP contribution in [0.15, 0.2) is 22.7 Å². The van der Waals surface area contributed by atoms with Gasteiger partial charge in [0.1, 0.15) is 5.82 Å². The van der Waals surface area contributed by atoms with Crippen LogP contribution in [0, 0.1) is 5.82 Å². The number of hydrogen-bond donors (Lipinski definition) is 1. The summed E-state index contributed by atoms with van der Waals surface area (Å²) in [4.78, 5) is 11.2. The van der Waals surface area contributed by atoms with Gasteiger partial charge in [0.05, 0.1) is 19.1 Å². The molecule has 0 heterocycles. The van der Waals surface area contributed by atoms with Crippen LogP contribution in [0.3, 0.4) is 0 Å². The third-order valence-electron chi connectivity index (χ3n) is 2.28. The van der Waals surface area contributed by atoms with Gasteiger partial charge in [-0.15, -0.1) is 0 Å². The van der Waals surface area contributed by atoms with Crippen LogP contribution in [0.1, 0.15) is 18.9 Å². The lowest BCUT2D eigenvalue weighted by Gasteiger charge is -2.24. The Hall–Kier alpha value is -0.940. The summed E-state index contributed by atoms with van der Waals surface area (Å²) in [6.45, 7) is 1.59. The zero-order valence-electron chi connectivity index (χ0n) is 9.09. The minimum Gasteiger partial charge on any atom is -0.469 e. The maximum Gasteiger partial charge on any atom is 0.307 e. The minimum absolute atomic E-state index is 0.0725. The van der Waals surface area contributed by atoms with Crippen LogP contribution >= 0.6 is 15.9 Å². The summed E-state index contributed by atoms with van der Waals surface area (Å²) in [7, 11) is 1.27. The van der Waals surface area contributed by atoms with Crippen molar-refractivity contribution in [3.05, 3.63) is 34.1 Å². The molecule has 0 saturated heterocycles. The van der Waals surface area contributed by atoms with Crippen molar-refractivity contribution < 1.29 is 13.9 Å². The number of esters is 1. The Morgan fingerprint density at radius 1 is 1.62 bits per heavy atom. The third-order valence-corrected chi connectivity index (χ3v) is 2.78. The van der Waals surface area contributed by atoms with Crippen molar-refractivity contribution in [2.75, 3.05) is 7.11 Å². The molecule has 2 N–H and O–H groups in total. The highest BCUT2D eigenvalue weighted by molar-refractivity contribution is 9.10. The van der Waals surface area contributed by atoms with Crippen molar-refractivity contribution in [3.8, 4) is 0 Å².